The largest absolute Gasteiger partial charge is 0.480 e. The van der Waals surface area contributed by atoms with Crippen molar-refractivity contribution in [3.63, 3.8) is 0 Å². The third-order valence-electron chi connectivity index (χ3n) is 1.93. The van der Waals surface area contributed by atoms with Gasteiger partial charge in [0, 0.05) is 0 Å². The topological polar surface area (TPSA) is 160 Å². The van der Waals surface area contributed by atoms with E-state index in [1.807, 2.05) is 0 Å². The molecular weight excluding hydrogens is 218 g/mol. The molecule has 0 aromatic carbocycles. The number of nitrogens with two attached hydrogens (primary N) is 2. The Hall–Kier alpha value is -1.90. The molecule has 1 atom stereocenters. The minimum absolute atomic E-state index is 0.0331. The molecule has 9 heteroatoms. The van der Waals surface area contributed by atoms with E-state index in [0.29, 0.717) is 17.9 Å². The van der Waals surface area contributed by atoms with Gasteiger partial charge in [-0.25, -0.2) is 10.1 Å². The van der Waals surface area contributed by atoms with Crippen molar-refractivity contribution in [3.8, 4) is 0 Å². The molecule has 0 unspecified atom stereocenters. The van der Waals surface area contributed by atoms with Crippen LogP contribution in [0.15, 0.2) is 0 Å². The van der Waals surface area contributed by atoms with Crippen molar-refractivity contribution < 1.29 is 14.9 Å². The van der Waals surface area contributed by atoms with Gasteiger partial charge in [0.15, 0.2) is 5.03 Å². The summed E-state index contributed by atoms with van der Waals surface area (Å²) in [6.07, 6.45) is 1.01. The fourth-order valence-electron chi connectivity index (χ4n) is 1.04. The molecule has 0 spiro atoms. The number of nitrogens with zero attached hydrogens (tertiary/aromatic N) is 2. The van der Waals surface area contributed by atoms with Crippen molar-refractivity contribution in [2.75, 3.05) is 6.54 Å². The van der Waals surface area contributed by atoms with E-state index in [-0.39, 0.29) is 13.0 Å². The summed E-state index contributed by atoms with van der Waals surface area (Å²) in [4.78, 5) is 20.7. The number of nitrogens with one attached hydrogen (secondary N) is 1. The summed E-state index contributed by atoms with van der Waals surface area (Å²) in [5, 5.41) is 25.5. The summed E-state index contributed by atoms with van der Waals surface area (Å²) in [6.45, 7) is -0.0331. The lowest BCUT2D eigenvalue weighted by molar-refractivity contribution is -0.629. The Balaban J connectivity index is 3.84. The standard InChI is InChI=1S/C7H15N5O4/c8-5(6(13)14)3-1-2-4-11(7(9)10)12(15)16/h5H,1-4,8H2,(H3,9,10)(H,13,14)/t5-/m0/s1. The Bertz CT molecular complexity index is 268. The molecule has 0 fully saturated rings. The third-order valence-corrected chi connectivity index (χ3v) is 1.93. The van der Waals surface area contributed by atoms with E-state index in [1.54, 1.807) is 0 Å². The van der Waals surface area contributed by atoms with E-state index in [9.17, 15) is 14.9 Å². The van der Waals surface area contributed by atoms with Crippen LogP contribution in [0.4, 0.5) is 0 Å². The molecule has 0 bridgehead atoms. The van der Waals surface area contributed by atoms with E-state index in [0.717, 1.165) is 0 Å². The third kappa shape index (κ3) is 5.10. The summed E-state index contributed by atoms with van der Waals surface area (Å²) in [5.74, 6) is -1.75. The first kappa shape index (κ1) is 14.1. The number of hydrazine groups is 1. The van der Waals surface area contributed by atoms with Gasteiger partial charge >= 0.3 is 5.97 Å². The SMILES string of the molecule is N=C(N)N(CCCC[C@H](N)C(=O)O)[N+](=O)[O-]. The summed E-state index contributed by atoms with van der Waals surface area (Å²) in [7, 11) is 0. The number of unbranched alkanes of at least 4 members (excludes halogenated alkanes) is 1. The number of rotatable bonds is 7. The molecule has 0 aliphatic heterocycles. The molecule has 0 saturated heterocycles. The highest BCUT2D eigenvalue weighted by Gasteiger charge is 2.17. The number of guanidine groups is 1. The van der Waals surface area contributed by atoms with Gasteiger partial charge in [0.2, 0.25) is 0 Å². The zero-order valence-electron chi connectivity index (χ0n) is 8.63. The summed E-state index contributed by atoms with van der Waals surface area (Å²) in [6, 6.07) is -0.957. The van der Waals surface area contributed by atoms with Crippen molar-refractivity contribution >= 4 is 11.9 Å². The summed E-state index contributed by atoms with van der Waals surface area (Å²) in [5.41, 5.74) is 10.2. The first-order valence-corrected chi connectivity index (χ1v) is 4.60. The van der Waals surface area contributed by atoms with Crippen molar-refractivity contribution in [1.29, 1.82) is 5.41 Å². The number of hydrogen-bond acceptors (Lipinski definition) is 5. The predicted molar refractivity (Wildman–Crippen MR) is 55.1 cm³/mol. The van der Waals surface area contributed by atoms with Gasteiger partial charge in [0.1, 0.15) is 6.04 Å². The Labute approximate surface area is 91.6 Å². The van der Waals surface area contributed by atoms with Gasteiger partial charge in [0.05, 0.1) is 6.54 Å². The highest BCUT2D eigenvalue weighted by molar-refractivity contribution is 5.73. The maximum atomic E-state index is 10.4. The zero-order valence-corrected chi connectivity index (χ0v) is 8.63. The van der Waals surface area contributed by atoms with Crippen LogP contribution in [0.3, 0.4) is 0 Å². The molecular formula is C7H15N5O4. The molecule has 0 radical (unpaired) electrons. The lowest BCUT2D eigenvalue weighted by Gasteiger charge is -2.11. The van der Waals surface area contributed by atoms with E-state index in [1.165, 1.54) is 0 Å². The van der Waals surface area contributed by atoms with Crippen LogP contribution >= 0.6 is 0 Å². The predicted octanol–water partition coefficient (Wildman–Crippen LogP) is -1.04. The molecule has 0 aromatic rings. The number of aliphatic carboxylic acids is 1. The second kappa shape index (κ2) is 6.56. The average Bonchev–Trinajstić information content (AvgIpc) is 2.15. The first-order chi connectivity index (χ1) is 7.36. The van der Waals surface area contributed by atoms with Gasteiger partial charge in [-0.15, -0.1) is 0 Å². The monoisotopic (exact) mass is 233 g/mol. The van der Waals surface area contributed by atoms with Crippen molar-refractivity contribution in [3.05, 3.63) is 10.1 Å². The maximum Gasteiger partial charge on any atom is 0.320 e. The highest BCUT2D eigenvalue weighted by Crippen LogP contribution is 2.01. The van der Waals surface area contributed by atoms with Crippen molar-refractivity contribution in [2.24, 2.45) is 11.5 Å². The minimum Gasteiger partial charge on any atom is -0.480 e. The van der Waals surface area contributed by atoms with Gasteiger partial charge in [-0.2, -0.15) is 0 Å². The Kier molecular flexibility index (Phi) is 5.78. The molecule has 0 saturated carbocycles. The van der Waals surface area contributed by atoms with Crippen LogP contribution in [-0.2, 0) is 4.79 Å². The fourth-order valence-corrected chi connectivity index (χ4v) is 1.04. The minimum atomic E-state index is -1.10. The van der Waals surface area contributed by atoms with Crippen LogP contribution in [0.5, 0.6) is 0 Å². The smallest absolute Gasteiger partial charge is 0.320 e. The second-order valence-corrected chi connectivity index (χ2v) is 3.19. The van der Waals surface area contributed by atoms with E-state index in [2.05, 4.69) is 0 Å². The number of nitro groups is 1. The molecule has 0 heterocycles. The quantitative estimate of drug-likeness (QED) is 0.143. The van der Waals surface area contributed by atoms with Gasteiger partial charge < -0.3 is 16.6 Å². The lowest BCUT2D eigenvalue weighted by atomic mass is 10.1. The van der Waals surface area contributed by atoms with Crippen LogP contribution in [0.2, 0.25) is 0 Å². The summed E-state index contributed by atoms with van der Waals surface area (Å²) >= 11 is 0. The molecule has 0 aromatic heterocycles. The molecule has 6 N–H and O–H groups in total. The van der Waals surface area contributed by atoms with Crippen LogP contribution in [-0.4, -0.2) is 39.7 Å². The number of carboxylic acids is 1. The molecule has 92 valence electrons. The summed E-state index contributed by atoms with van der Waals surface area (Å²) < 4.78 is 0. The molecule has 16 heavy (non-hydrogen) atoms. The Morgan fingerprint density at radius 3 is 2.50 bits per heavy atom. The maximum absolute atomic E-state index is 10.4. The van der Waals surface area contributed by atoms with Crippen LogP contribution < -0.4 is 11.5 Å². The number of carboxylic acid groups (broad SMARTS) is 1. The van der Waals surface area contributed by atoms with Crippen LogP contribution in [0, 0.1) is 15.5 Å². The van der Waals surface area contributed by atoms with Crippen LogP contribution in [0.25, 0.3) is 0 Å². The van der Waals surface area contributed by atoms with E-state index >= 15 is 0 Å². The van der Waals surface area contributed by atoms with E-state index < -0.39 is 23.0 Å². The number of carbonyl (C=O) groups is 1. The van der Waals surface area contributed by atoms with Gasteiger partial charge in [-0.1, -0.05) is 5.01 Å². The normalized spacial score (nSPS) is 11.8. The van der Waals surface area contributed by atoms with Gasteiger partial charge in [0.25, 0.3) is 5.96 Å². The Morgan fingerprint density at radius 1 is 1.56 bits per heavy atom. The fraction of sp³-hybridized carbons (Fsp3) is 0.714. The zero-order chi connectivity index (χ0) is 12.7. The lowest BCUT2D eigenvalue weighted by Crippen LogP contribution is -2.41. The first-order valence-electron chi connectivity index (χ1n) is 4.60. The van der Waals surface area contributed by atoms with E-state index in [4.69, 9.17) is 22.0 Å². The van der Waals surface area contributed by atoms with Crippen molar-refractivity contribution in [2.45, 2.75) is 25.3 Å². The number of hydrogen-bond donors (Lipinski definition) is 4. The second-order valence-electron chi connectivity index (χ2n) is 3.19. The molecule has 0 rings (SSSR count). The molecule has 9 nitrogen and oxygen atoms in total. The van der Waals surface area contributed by atoms with Crippen LogP contribution in [0.1, 0.15) is 19.3 Å². The molecule has 0 aliphatic carbocycles. The van der Waals surface area contributed by atoms with Crippen molar-refractivity contribution in [1.82, 2.24) is 5.01 Å². The average molecular weight is 233 g/mol. The Morgan fingerprint density at radius 2 is 2.12 bits per heavy atom. The van der Waals surface area contributed by atoms with Gasteiger partial charge in [-0.3, -0.25) is 10.2 Å². The molecule has 0 amide bonds. The highest BCUT2D eigenvalue weighted by atomic mass is 16.7. The molecule has 0 aliphatic rings. The van der Waals surface area contributed by atoms with Gasteiger partial charge in [-0.05, 0) is 19.3 Å².